The smallest absolute Gasteiger partial charge is 0.270 e. The van der Waals surface area contributed by atoms with Gasteiger partial charge < -0.3 is 10.2 Å². The van der Waals surface area contributed by atoms with Gasteiger partial charge in [0.15, 0.2) is 0 Å². The van der Waals surface area contributed by atoms with Crippen molar-refractivity contribution in [1.29, 1.82) is 0 Å². The lowest BCUT2D eigenvalue weighted by Crippen LogP contribution is -2.28. The summed E-state index contributed by atoms with van der Waals surface area (Å²) in [6, 6.07) is 22.1. The van der Waals surface area contributed by atoms with Gasteiger partial charge in [-0.25, -0.2) is 9.97 Å². The summed E-state index contributed by atoms with van der Waals surface area (Å²) in [5, 5.41) is 2.96. The van der Waals surface area contributed by atoms with Crippen molar-refractivity contribution in [3.63, 3.8) is 0 Å². The molecule has 3 rings (SSSR count). The highest BCUT2D eigenvalue weighted by molar-refractivity contribution is 5.92. The second-order valence-corrected chi connectivity index (χ2v) is 6.65. The van der Waals surface area contributed by atoms with Crippen molar-refractivity contribution in [2.75, 3.05) is 18.0 Å². The maximum Gasteiger partial charge on any atom is 0.270 e. The number of aryl methyl sites for hydroxylation is 1. The van der Waals surface area contributed by atoms with Crippen molar-refractivity contribution in [2.45, 2.75) is 26.8 Å². The molecule has 5 nitrogen and oxygen atoms in total. The van der Waals surface area contributed by atoms with E-state index in [0.29, 0.717) is 18.1 Å². The largest absolute Gasteiger partial charge is 0.352 e. The lowest BCUT2D eigenvalue weighted by atomic mass is 10.1. The fraction of sp³-hybridized carbons (Fsp3) is 0.261. The second kappa shape index (κ2) is 9.65. The molecule has 1 amide bonds. The fourth-order valence-electron chi connectivity index (χ4n) is 3.04. The van der Waals surface area contributed by atoms with Crippen LogP contribution in [0.3, 0.4) is 0 Å². The maximum atomic E-state index is 12.6. The molecule has 0 fully saturated rings. The monoisotopic (exact) mass is 374 g/mol. The Kier molecular flexibility index (Phi) is 6.73. The molecule has 0 unspecified atom stereocenters. The van der Waals surface area contributed by atoms with Gasteiger partial charge in [0.2, 0.25) is 0 Å². The van der Waals surface area contributed by atoms with E-state index in [1.807, 2.05) is 43.3 Å². The average molecular weight is 374 g/mol. The number of hydrogen-bond acceptors (Lipinski definition) is 4. The number of rotatable bonds is 8. The lowest BCUT2D eigenvalue weighted by Gasteiger charge is -2.22. The van der Waals surface area contributed by atoms with Gasteiger partial charge in [-0.05, 0) is 31.4 Å². The number of hydrogen-bond donors (Lipinski definition) is 1. The standard InChI is InChI=1S/C23H26N4O/c1-3-27(17-20-12-8-5-9-13-20)22-16-21(25-18(2)26-22)23(28)24-15-14-19-10-6-4-7-11-19/h4-13,16H,3,14-15,17H2,1-2H3,(H,24,28). The molecule has 28 heavy (non-hydrogen) atoms. The zero-order chi connectivity index (χ0) is 19.8. The maximum absolute atomic E-state index is 12.6. The summed E-state index contributed by atoms with van der Waals surface area (Å²) in [5.74, 6) is 1.20. The van der Waals surface area contributed by atoms with Gasteiger partial charge >= 0.3 is 0 Å². The predicted molar refractivity (Wildman–Crippen MR) is 112 cm³/mol. The van der Waals surface area contributed by atoms with E-state index in [0.717, 1.165) is 25.3 Å². The van der Waals surface area contributed by atoms with E-state index in [9.17, 15) is 4.79 Å². The van der Waals surface area contributed by atoms with Crippen molar-refractivity contribution < 1.29 is 4.79 Å². The molecule has 5 heteroatoms. The van der Waals surface area contributed by atoms with Crippen LogP contribution in [0.4, 0.5) is 5.82 Å². The zero-order valence-electron chi connectivity index (χ0n) is 16.4. The van der Waals surface area contributed by atoms with Crippen LogP contribution >= 0.6 is 0 Å². The number of nitrogens with one attached hydrogen (secondary N) is 1. The van der Waals surface area contributed by atoms with Gasteiger partial charge in [-0.2, -0.15) is 0 Å². The van der Waals surface area contributed by atoms with Gasteiger partial charge in [-0.1, -0.05) is 60.7 Å². The van der Waals surface area contributed by atoms with Crippen LogP contribution in [0.5, 0.6) is 0 Å². The number of benzene rings is 2. The second-order valence-electron chi connectivity index (χ2n) is 6.65. The van der Waals surface area contributed by atoms with Crippen LogP contribution in [0.1, 0.15) is 34.4 Å². The highest BCUT2D eigenvalue weighted by Crippen LogP contribution is 2.16. The number of amides is 1. The molecule has 0 saturated heterocycles. The Balaban J connectivity index is 1.68. The molecular weight excluding hydrogens is 348 g/mol. The molecule has 0 radical (unpaired) electrons. The van der Waals surface area contributed by atoms with Crippen LogP contribution in [0.15, 0.2) is 66.7 Å². The van der Waals surface area contributed by atoms with Gasteiger partial charge in [-0.3, -0.25) is 4.79 Å². The summed E-state index contributed by atoms with van der Waals surface area (Å²) in [4.78, 5) is 23.6. The van der Waals surface area contributed by atoms with Gasteiger partial charge in [0, 0.05) is 25.7 Å². The number of aromatic nitrogens is 2. The Morgan fingerprint density at radius 1 is 0.964 bits per heavy atom. The van der Waals surface area contributed by atoms with E-state index in [1.165, 1.54) is 11.1 Å². The molecule has 2 aromatic carbocycles. The van der Waals surface area contributed by atoms with Crippen molar-refractivity contribution in [2.24, 2.45) is 0 Å². The van der Waals surface area contributed by atoms with Crippen LogP contribution in [-0.4, -0.2) is 29.0 Å². The SMILES string of the molecule is CCN(Cc1ccccc1)c1cc(C(=O)NCCc2ccccc2)nc(C)n1. The van der Waals surface area contributed by atoms with Crippen LogP contribution in [-0.2, 0) is 13.0 Å². The van der Waals surface area contributed by atoms with Gasteiger partial charge in [0.25, 0.3) is 5.91 Å². The Bertz CT molecular complexity index is 897. The van der Waals surface area contributed by atoms with Crippen LogP contribution < -0.4 is 10.2 Å². The molecule has 0 bridgehead atoms. The molecule has 0 spiro atoms. The molecule has 0 atom stereocenters. The third kappa shape index (κ3) is 5.39. The Morgan fingerprint density at radius 3 is 2.25 bits per heavy atom. The van der Waals surface area contributed by atoms with Crippen LogP contribution in [0.2, 0.25) is 0 Å². The average Bonchev–Trinajstić information content (AvgIpc) is 2.73. The Labute approximate surface area is 166 Å². The highest BCUT2D eigenvalue weighted by atomic mass is 16.1. The number of nitrogens with zero attached hydrogens (tertiary/aromatic N) is 3. The van der Waals surface area contributed by atoms with E-state index in [-0.39, 0.29) is 5.91 Å². The van der Waals surface area contributed by atoms with Gasteiger partial charge in [0.1, 0.15) is 17.3 Å². The number of carbonyl (C=O) groups excluding carboxylic acids is 1. The van der Waals surface area contributed by atoms with Crippen molar-refractivity contribution in [1.82, 2.24) is 15.3 Å². The predicted octanol–water partition coefficient (Wildman–Crippen LogP) is 3.78. The number of carbonyl (C=O) groups is 1. The van der Waals surface area contributed by atoms with Crippen molar-refractivity contribution in [3.05, 3.63) is 89.4 Å². The van der Waals surface area contributed by atoms with Crippen LogP contribution in [0, 0.1) is 6.92 Å². The first-order valence-corrected chi connectivity index (χ1v) is 9.62. The minimum absolute atomic E-state index is 0.168. The first-order chi connectivity index (χ1) is 13.7. The first-order valence-electron chi connectivity index (χ1n) is 9.62. The molecule has 144 valence electrons. The Hall–Kier alpha value is -3.21. The highest BCUT2D eigenvalue weighted by Gasteiger charge is 2.14. The van der Waals surface area contributed by atoms with E-state index in [1.54, 1.807) is 6.07 Å². The summed E-state index contributed by atoms with van der Waals surface area (Å²) in [5.41, 5.74) is 2.80. The summed E-state index contributed by atoms with van der Waals surface area (Å²) >= 11 is 0. The topological polar surface area (TPSA) is 58.1 Å². The molecule has 1 aromatic heterocycles. The molecule has 0 saturated carbocycles. The molecule has 1 N–H and O–H groups in total. The first kappa shape index (κ1) is 19.5. The lowest BCUT2D eigenvalue weighted by molar-refractivity contribution is 0.0948. The molecule has 0 aliphatic carbocycles. The minimum Gasteiger partial charge on any atom is -0.352 e. The molecular formula is C23H26N4O. The third-order valence-corrected chi connectivity index (χ3v) is 4.52. The summed E-state index contributed by atoms with van der Waals surface area (Å²) in [6.45, 7) is 6.01. The Morgan fingerprint density at radius 2 is 1.61 bits per heavy atom. The van der Waals surface area contributed by atoms with E-state index < -0.39 is 0 Å². The van der Waals surface area contributed by atoms with E-state index in [2.05, 4.69) is 51.4 Å². The third-order valence-electron chi connectivity index (χ3n) is 4.52. The van der Waals surface area contributed by atoms with Crippen LogP contribution in [0.25, 0.3) is 0 Å². The molecule has 1 heterocycles. The minimum atomic E-state index is -0.168. The van der Waals surface area contributed by atoms with E-state index >= 15 is 0 Å². The quantitative estimate of drug-likeness (QED) is 0.652. The summed E-state index contributed by atoms with van der Waals surface area (Å²) < 4.78 is 0. The zero-order valence-corrected chi connectivity index (χ0v) is 16.4. The van der Waals surface area contributed by atoms with Crippen molar-refractivity contribution in [3.8, 4) is 0 Å². The normalized spacial score (nSPS) is 10.5. The molecule has 0 aliphatic rings. The molecule has 3 aromatic rings. The van der Waals surface area contributed by atoms with Gasteiger partial charge in [-0.15, -0.1) is 0 Å². The van der Waals surface area contributed by atoms with Crippen molar-refractivity contribution >= 4 is 11.7 Å². The summed E-state index contributed by atoms with van der Waals surface area (Å²) in [7, 11) is 0. The van der Waals surface area contributed by atoms with Gasteiger partial charge in [0.05, 0.1) is 0 Å². The fourth-order valence-corrected chi connectivity index (χ4v) is 3.04. The number of anilines is 1. The summed E-state index contributed by atoms with van der Waals surface area (Å²) in [6.07, 6.45) is 0.790. The molecule has 0 aliphatic heterocycles. The van der Waals surface area contributed by atoms with E-state index in [4.69, 9.17) is 0 Å².